The first-order valence-electron chi connectivity index (χ1n) is 7.20. The molecule has 1 unspecified atom stereocenters. The average molecular weight is 298 g/mol. The lowest BCUT2D eigenvalue weighted by atomic mass is 10.1. The van der Waals surface area contributed by atoms with Crippen molar-refractivity contribution < 1.29 is 4.79 Å². The minimum absolute atomic E-state index is 0.0948. The number of carbonyl (C=O) groups is 1. The van der Waals surface area contributed by atoms with Gasteiger partial charge in [0.25, 0.3) is 5.91 Å². The third kappa shape index (κ3) is 3.45. The lowest BCUT2D eigenvalue weighted by molar-refractivity contribution is 0.0766. The van der Waals surface area contributed by atoms with Crippen LogP contribution in [-0.4, -0.2) is 34.6 Å². The Balaban J connectivity index is 1.67. The number of hydrogen-bond acceptors (Lipinski definition) is 3. The Kier molecular flexibility index (Phi) is 4.55. The molecule has 1 saturated heterocycles. The molecule has 1 aromatic heterocycles. The van der Waals surface area contributed by atoms with Crippen LogP contribution >= 0.6 is 11.8 Å². The number of benzene rings is 1. The Morgan fingerprint density at radius 1 is 1.14 bits per heavy atom. The maximum Gasteiger partial charge on any atom is 0.255 e. The molecule has 3 rings (SSSR count). The summed E-state index contributed by atoms with van der Waals surface area (Å²) in [5.41, 5.74) is 2.04. The van der Waals surface area contributed by atoms with Crippen LogP contribution in [-0.2, 0) is 0 Å². The molecule has 0 aliphatic carbocycles. The van der Waals surface area contributed by atoms with Crippen LogP contribution in [0.4, 0.5) is 0 Å². The van der Waals surface area contributed by atoms with Gasteiger partial charge in [0.2, 0.25) is 0 Å². The zero-order valence-electron chi connectivity index (χ0n) is 11.8. The summed E-state index contributed by atoms with van der Waals surface area (Å²) in [6.07, 6.45) is 4.34. The van der Waals surface area contributed by atoms with Crippen molar-refractivity contribution in [2.75, 3.05) is 18.8 Å². The largest absolute Gasteiger partial charge is 0.338 e. The Morgan fingerprint density at radius 2 is 2.00 bits per heavy atom. The van der Waals surface area contributed by atoms with Crippen molar-refractivity contribution in [1.29, 1.82) is 0 Å². The highest BCUT2D eigenvalue weighted by Gasteiger charge is 2.22. The van der Waals surface area contributed by atoms with E-state index in [2.05, 4.69) is 29.2 Å². The van der Waals surface area contributed by atoms with Crippen molar-refractivity contribution >= 4 is 17.7 Å². The normalized spacial score (nSPS) is 19.0. The molecular formula is C17H18N2OS. The first-order valence-corrected chi connectivity index (χ1v) is 8.25. The molecule has 1 aromatic carbocycles. The number of amides is 1. The minimum atomic E-state index is 0.0948. The summed E-state index contributed by atoms with van der Waals surface area (Å²) in [6.45, 7) is 1.61. The molecule has 0 N–H and O–H groups in total. The molecule has 1 atom stereocenters. The van der Waals surface area contributed by atoms with Crippen molar-refractivity contribution in [3.63, 3.8) is 0 Å². The second kappa shape index (κ2) is 6.76. The van der Waals surface area contributed by atoms with Gasteiger partial charge in [0.15, 0.2) is 0 Å². The lowest BCUT2D eigenvalue weighted by Crippen LogP contribution is -2.33. The summed E-state index contributed by atoms with van der Waals surface area (Å²) in [4.78, 5) is 18.5. The van der Waals surface area contributed by atoms with E-state index in [1.807, 2.05) is 34.9 Å². The van der Waals surface area contributed by atoms with E-state index in [4.69, 9.17) is 0 Å². The molecular weight excluding hydrogens is 280 g/mol. The fraction of sp³-hybridized carbons (Fsp3) is 0.294. The molecule has 108 valence electrons. The van der Waals surface area contributed by atoms with E-state index in [9.17, 15) is 4.79 Å². The second-order valence-corrected chi connectivity index (χ2v) is 6.40. The van der Waals surface area contributed by atoms with Gasteiger partial charge in [-0.1, -0.05) is 30.3 Å². The zero-order valence-corrected chi connectivity index (χ0v) is 12.6. The Bertz CT molecular complexity index is 588. The molecule has 0 saturated carbocycles. The van der Waals surface area contributed by atoms with Gasteiger partial charge in [0.05, 0.1) is 5.56 Å². The van der Waals surface area contributed by atoms with Crippen molar-refractivity contribution in [2.24, 2.45) is 0 Å². The summed E-state index contributed by atoms with van der Waals surface area (Å²) in [5, 5.41) is 0.484. The van der Waals surface area contributed by atoms with Crippen molar-refractivity contribution in [3.05, 3.63) is 66.0 Å². The van der Waals surface area contributed by atoms with Crippen LogP contribution < -0.4 is 0 Å². The van der Waals surface area contributed by atoms with Gasteiger partial charge >= 0.3 is 0 Å². The van der Waals surface area contributed by atoms with Crippen LogP contribution in [0.25, 0.3) is 0 Å². The van der Waals surface area contributed by atoms with E-state index < -0.39 is 0 Å². The van der Waals surface area contributed by atoms with Crippen LogP contribution in [0.1, 0.15) is 27.6 Å². The smallest absolute Gasteiger partial charge is 0.255 e. The first kappa shape index (κ1) is 14.1. The molecule has 1 aliphatic rings. The van der Waals surface area contributed by atoms with Crippen LogP contribution in [0.15, 0.2) is 54.9 Å². The van der Waals surface area contributed by atoms with Gasteiger partial charge in [-0.3, -0.25) is 9.78 Å². The monoisotopic (exact) mass is 298 g/mol. The molecule has 4 heteroatoms. The quantitative estimate of drug-likeness (QED) is 0.852. The fourth-order valence-electron chi connectivity index (χ4n) is 2.58. The highest BCUT2D eigenvalue weighted by Crippen LogP contribution is 2.34. The van der Waals surface area contributed by atoms with Crippen molar-refractivity contribution in [1.82, 2.24) is 9.88 Å². The summed E-state index contributed by atoms with van der Waals surface area (Å²) >= 11 is 1.94. The van der Waals surface area contributed by atoms with Gasteiger partial charge in [0, 0.05) is 36.5 Å². The van der Waals surface area contributed by atoms with Gasteiger partial charge < -0.3 is 4.90 Å². The number of thioether (sulfide) groups is 1. The van der Waals surface area contributed by atoms with Crippen molar-refractivity contribution in [3.8, 4) is 0 Å². The number of nitrogens with zero attached hydrogens (tertiary/aromatic N) is 2. The van der Waals surface area contributed by atoms with Crippen LogP contribution in [0.3, 0.4) is 0 Å². The van der Waals surface area contributed by atoms with Gasteiger partial charge in [-0.2, -0.15) is 11.8 Å². The lowest BCUT2D eigenvalue weighted by Gasteiger charge is -2.20. The number of hydrogen-bond donors (Lipinski definition) is 0. The van der Waals surface area contributed by atoms with E-state index in [0.717, 1.165) is 25.3 Å². The summed E-state index contributed by atoms with van der Waals surface area (Å²) < 4.78 is 0. The topological polar surface area (TPSA) is 33.2 Å². The van der Waals surface area contributed by atoms with Gasteiger partial charge in [0.1, 0.15) is 0 Å². The van der Waals surface area contributed by atoms with E-state index in [1.165, 1.54) is 5.56 Å². The van der Waals surface area contributed by atoms with Crippen LogP contribution in [0, 0.1) is 0 Å². The third-order valence-corrected chi connectivity index (χ3v) is 5.04. The molecule has 0 spiro atoms. The van der Waals surface area contributed by atoms with E-state index in [-0.39, 0.29) is 5.91 Å². The molecule has 1 amide bonds. The maximum absolute atomic E-state index is 12.5. The molecule has 3 nitrogen and oxygen atoms in total. The Labute approximate surface area is 129 Å². The van der Waals surface area contributed by atoms with E-state index >= 15 is 0 Å². The fourth-order valence-corrected chi connectivity index (χ4v) is 3.81. The zero-order chi connectivity index (χ0) is 14.5. The minimum Gasteiger partial charge on any atom is -0.338 e. The predicted octanol–water partition coefficient (Wildman–Crippen LogP) is 3.40. The van der Waals surface area contributed by atoms with Gasteiger partial charge in [-0.05, 0) is 24.1 Å². The molecule has 2 heterocycles. The molecule has 0 bridgehead atoms. The molecule has 1 fully saturated rings. The third-order valence-electron chi connectivity index (χ3n) is 3.71. The summed E-state index contributed by atoms with van der Waals surface area (Å²) in [5.74, 6) is 1.07. The number of rotatable bonds is 2. The average Bonchev–Trinajstić information content (AvgIpc) is 2.82. The van der Waals surface area contributed by atoms with Crippen LogP contribution in [0.5, 0.6) is 0 Å². The second-order valence-electron chi connectivity index (χ2n) is 5.09. The summed E-state index contributed by atoms with van der Waals surface area (Å²) in [7, 11) is 0. The standard InChI is InChI=1S/C17H18N2OS/c20-17(15-7-4-9-18-13-15)19-10-8-16(21-12-11-19)14-5-2-1-3-6-14/h1-7,9,13,16H,8,10-12H2. The van der Waals surface area contributed by atoms with Gasteiger partial charge in [-0.15, -0.1) is 0 Å². The highest BCUT2D eigenvalue weighted by molar-refractivity contribution is 7.99. The SMILES string of the molecule is O=C(c1cccnc1)N1CCSC(c2ccccc2)CC1. The summed E-state index contributed by atoms with van der Waals surface area (Å²) in [6, 6.07) is 14.2. The number of carbonyl (C=O) groups excluding carboxylic acids is 1. The Morgan fingerprint density at radius 3 is 2.76 bits per heavy atom. The molecule has 2 aromatic rings. The Hall–Kier alpha value is -1.81. The predicted molar refractivity (Wildman–Crippen MR) is 86.4 cm³/mol. The molecule has 21 heavy (non-hydrogen) atoms. The number of pyridine rings is 1. The van der Waals surface area contributed by atoms with Crippen LogP contribution in [0.2, 0.25) is 0 Å². The van der Waals surface area contributed by atoms with Crippen molar-refractivity contribution in [2.45, 2.75) is 11.7 Å². The first-order chi connectivity index (χ1) is 10.3. The van der Waals surface area contributed by atoms with E-state index in [0.29, 0.717) is 10.8 Å². The van der Waals surface area contributed by atoms with Gasteiger partial charge in [-0.25, -0.2) is 0 Å². The molecule has 1 aliphatic heterocycles. The highest BCUT2D eigenvalue weighted by atomic mass is 32.2. The maximum atomic E-state index is 12.5. The number of aromatic nitrogens is 1. The van der Waals surface area contributed by atoms with E-state index in [1.54, 1.807) is 12.4 Å². The molecule has 0 radical (unpaired) electrons.